The number of ether oxygens (including phenoxy) is 2. The summed E-state index contributed by atoms with van der Waals surface area (Å²) in [6.07, 6.45) is 0. The van der Waals surface area contributed by atoms with Gasteiger partial charge in [-0.1, -0.05) is 24.3 Å². The molecule has 2 heterocycles. The van der Waals surface area contributed by atoms with E-state index in [0.717, 1.165) is 18.8 Å². The van der Waals surface area contributed by atoms with E-state index in [1.54, 1.807) is 0 Å². The van der Waals surface area contributed by atoms with Crippen LogP contribution in [0.4, 0.5) is 5.69 Å². The summed E-state index contributed by atoms with van der Waals surface area (Å²) in [5, 5.41) is 2.94. The van der Waals surface area contributed by atoms with Crippen molar-refractivity contribution in [1.29, 1.82) is 0 Å². The third-order valence-corrected chi connectivity index (χ3v) is 5.65. The van der Waals surface area contributed by atoms with Crippen LogP contribution < -0.4 is 10.1 Å². The normalized spacial score (nSPS) is 17.7. The average molecular weight is 439 g/mol. The van der Waals surface area contributed by atoms with Crippen LogP contribution in [-0.4, -0.2) is 92.1 Å². The van der Waals surface area contributed by atoms with Crippen molar-refractivity contribution in [3.05, 3.63) is 54.6 Å². The molecule has 8 heteroatoms. The van der Waals surface area contributed by atoms with Crippen molar-refractivity contribution >= 4 is 17.5 Å². The van der Waals surface area contributed by atoms with Gasteiger partial charge < -0.3 is 19.7 Å². The molecule has 2 aliphatic heterocycles. The minimum Gasteiger partial charge on any atom is -0.457 e. The van der Waals surface area contributed by atoms with E-state index in [1.807, 2.05) is 59.5 Å². The van der Waals surface area contributed by atoms with Crippen LogP contribution in [0.1, 0.15) is 0 Å². The van der Waals surface area contributed by atoms with Crippen molar-refractivity contribution in [2.75, 3.05) is 70.9 Å². The number of para-hydroxylation sites is 1. The van der Waals surface area contributed by atoms with E-state index in [1.165, 1.54) is 0 Å². The van der Waals surface area contributed by atoms with Gasteiger partial charge in [-0.2, -0.15) is 0 Å². The Morgan fingerprint density at radius 3 is 2.25 bits per heavy atom. The minimum absolute atomic E-state index is 0.0741. The highest BCUT2D eigenvalue weighted by Crippen LogP contribution is 2.23. The highest BCUT2D eigenvalue weighted by atomic mass is 16.5. The third kappa shape index (κ3) is 6.53. The monoisotopic (exact) mass is 438 g/mol. The molecule has 0 unspecified atom stereocenters. The van der Waals surface area contributed by atoms with E-state index in [4.69, 9.17) is 9.47 Å². The number of hydrogen-bond donors (Lipinski definition) is 1. The van der Waals surface area contributed by atoms with Crippen LogP contribution in [0.15, 0.2) is 54.6 Å². The highest BCUT2D eigenvalue weighted by molar-refractivity contribution is 5.92. The molecular formula is C24H30N4O4. The lowest BCUT2D eigenvalue weighted by Gasteiger charge is -2.36. The van der Waals surface area contributed by atoms with Crippen LogP contribution in [0.5, 0.6) is 11.5 Å². The predicted molar refractivity (Wildman–Crippen MR) is 122 cm³/mol. The molecule has 1 N–H and O–H groups in total. The van der Waals surface area contributed by atoms with Crippen LogP contribution in [-0.2, 0) is 14.3 Å². The van der Waals surface area contributed by atoms with Crippen molar-refractivity contribution in [3.8, 4) is 11.5 Å². The van der Waals surface area contributed by atoms with E-state index in [9.17, 15) is 9.59 Å². The van der Waals surface area contributed by atoms with Crippen molar-refractivity contribution in [2.45, 2.75) is 0 Å². The first-order chi connectivity index (χ1) is 15.7. The fourth-order valence-electron chi connectivity index (χ4n) is 3.87. The van der Waals surface area contributed by atoms with Gasteiger partial charge in [-0.3, -0.25) is 19.4 Å². The second kappa shape index (κ2) is 11.1. The smallest absolute Gasteiger partial charge is 0.238 e. The number of benzene rings is 2. The number of carbonyl (C=O) groups is 2. The summed E-state index contributed by atoms with van der Waals surface area (Å²) in [6.45, 7) is 6.44. The maximum Gasteiger partial charge on any atom is 0.238 e. The Bertz CT molecular complexity index is 894. The molecule has 0 bridgehead atoms. The number of amides is 2. The van der Waals surface area contributed by atoms with Crippen LogP contribution in [0.3, 0.4) is 0 Å². The topological polar surface area (TPSA) is 74.4 Å². The Morgan fingerprint density at radius 2 is 1.50 bits per heavy atom. The molecule has 2 amide bonds. The molecule has 2 aromatic carbocycles. The van der Waals surface area contributed by atoms with Gasteiger partial charge in [0.2, 0.25) is 11.8 Å². The van der Waals surface area contributed by atoms with Gasteiger partial charge in [-0.25, -0.2) is 0 Å². The lowest BCUT2D eigenvalue weighted by atomic mass is 10.2. The third-order valence-electron chi connectivity index (χ3n) is 5.65. The molecule has 0 saturated carbocycles. The maximum atomic E-state index is 12.5. The van der Waals surface area contributed by atoms with E-state index >= 15 is 0 Å². The van der Waals surface area contributed by atoms with Gasteiger partial charge in [-0.15, -0.1) is 0 Å². The van der Waals surface area contributed by atoms with Gasteiger partial charge in [0.1, 0.15) is 11.5 Å². The Kier molecular flexibility index (Phi) is 7.71. The zero-order valence-corrected chi connectivity index (χ0v) is 18.2. The Balaban J connectivity index is 1.20. The molecule has 2 aromatic rings. The van der Waals surface area contributed by atoms with E-state index < -0.39 is 0 Å². The molecule has 8 nitrogen and oxygen atoms in total. The number of nitrogens with one attached hydrogen (secondary N) is 1. The van der Waals surface area contributed by atoms with Gasteiger partial charge in [-0.05, 0) is 24.3 Å². The second-order valence-corrected chi connectivity index (χ2v) is 8.04. The molecule has 0 aromatic heterocycles. The van der Waals surface area contributed by atoms with E-state index in [-0.39, 0.29) is 11.8 Å². The van der Waals surface area contributed by atoms with Gasteiger partial charge in [0.15, 0.2) is 0 Å². The summed E-state index contributed by atoms with van der Waals surface area (Å²) < 4.78 is 11.2. The summed E-state index contributed by atoms with van der Waals surface area (Å²) in [5.74, 6) is 1.50. The summed E-state index contributed by atoms with van der Waals surface area (Å²) in [4.78, 5) is 31.2. The Hall–Kier alpha value is -2.94. The standard InChI is InChI=1S/C24H30N4O4/c29-23(25-20-5-4-8-22(17-20)32-21-6-2-1-3-7-21)18-26-9-11-28(12-10-26)24(30)19-27-13-15-31-16-14-27/h1-8,17H,9-16,18-19H2,(H,25,29). The lowest BCUT2D eigenvalue weighted by Crippen LogP contribution is -2.53. The second-order valence-electron chi connectivity index (χ2n) is 8.04. The van der Waals surface area contributed by atoms with Crippen LogP contribution in [0, 0.1) is 0 Å². The number of hydrogen-bond acceptors (Lipinski definition) is 6. The molecule has 2 fully saturated rings. The molecule has 0 atom stereocenters. The zero-order valence-electron chi connectivity index (χ0n) is 18.2. The molecule has 32 heavy (non-hydrogen) atoms. The van der Waals surface area contributed by atoms with Crippen LogP contribution in [0.25, 0.3) is 0 Å². The summed E-state index contributed by atoms with van der Waals surface area (Å²) in [6, 6.07) is 16.9. The molecule has 170 valence electrons. The first kappa shape index (κ1) is 22.3. The van der Waals surface area contributed by atoms with E-state index in [2.05, 4.69) is 15.1 Å². The van der Waals surface area contributed by atoms with Crippen molar-refractivity contribution in [1.82, 2.24) is 14.7 Å². The molecular weight excluding hydrogens is 408 g/mol. The number of rotatable bonds is 7. The molecule has 4 rings (SSSR count). The molecule has 0 aliphatic carbocycles. The minimum atomic E-state index is -0.0741. The van der Waals surface area contributed by atoms with Crippen molar-refractivity contribution in [3.63, 3.8) is 0 Å². The Morgan fingerprint density at radius 1 is 0.812 bits per heavy atom. The zero-order chi connectivity index (χ0) is 22.2. The number of nitrogens with zero attached hydrogens (tertiary/aromatic N) is 3. The number of morpholine rings is 1. The van der Waals surface area contributed by atoms with E-state index in [0.29, 0.717) is 63.9 Å². The largest absolute Gasteiger partial charge is 0.457 e. The fourth-order valence-corrected chi connectivity index (χ4v) is 3.87. The first-order valence-corrected chi connectivity index (χ1v) is 11.1. The van der Waals surface area contributed by atoms with Gasteiger partial charge in [0.05, 0.1) is 26.3 Å². The number of anilines is 1. The summed E-state index contributed by atoms with van der Waals surface area (Å²) in [5.41, 5.74) is 0.697. The SMILES string of the molecule is O=C(CN1CCN(C(=O)CN2CCOCC2)CC1)Nc1cccc(Oc2ccccc2)c1. The number of piperazine rings is 1. The summed E-state index contributed by atoms with van der Waals surface area (Å²) >= 11 is 0. The Labute approximate surface area is 188 Å². The quantitative estimate of drug-likeness (QED) is 0.712. The van der Waals surface area contributed by atoms with Crippen molar-refractivity contribution < 1.29 is 19.1 Å². The summed E-state index contributed by atoms with van der Waals surface area (Å²) in [7, 11) is 0. The molecule has 2 saturated heterocycles. The molecule has 0 spiro atoms. The molecule has 2 aliphatic rings. The van der Waals surface area contributed by atoms with Gasteiger partial charge in [0, 0.05) is 51.0 Å². The fraction of sp³-hybridized carbons (Fsp3) is 0.417. The highest BCUT2D eigenvalue weighted by Gasteiger charge is 2.24. The van der Waals surface area contributed by atoms with Gasteiger partial charge >= 0.3 is 0 Å². The first-order valence-electron chi connectivity index (χ1n) is 11.1. The predicted octanol–water partition coefficient (Wildman–Crippen LogP) is 1.89. The average Bonchev–Trinajstić information content (AvgIpc) is 2.81. The molecule has 0 radical (unpaired) electrons. The maximum absolute atomic E-state index is 12.5. The van der Waals surface area contributed by atoms with Crippen LogP contribution >= 0.6 is 0 Å². The van der Waals surface area contributed by atoms with Crippen molar-refractivity contribution in [2.24, 2.45) is 0 Å². The van der Waals surface area contributed by atoms with Gasteiger partial charge in [0.25, 0.3) is 0 Å². The number of carbonyl (C=O) groups excluding carboxylic acids is 2. The van der Waals surface area contributed by atoms with Crippen LogP contribution in [0.2, 0.25) is 0 Å². The lowest BCUT2D eigenvalue weighted by molar-refractivity contribution is -0.135.